The van der Waals surface area contributed by atoms with Crippen LogP contribution in [-0.2, 0) is 0 Å². The molecule has 0 saturated heterocycles. The van der Waals surface area contributed by atoms with E-state index in [2.05, 4.69) is 10.6 Å². The first-order valence-corrected chi connectivity index (χ1v) is 9.90. The predicted molar refractivity (Wildman–Crippen MR) is 121 cm³/mol. The molecule has 0 aliphatic carbocycles. The standard InChI is InChI=1S/C23H21ClN4O3/c24-20(15-25)16-4-6-17(7-5-16)22(30)26-12-13-27-23(31)18-8-10-19(11-9-18)28-14-2-1-3-21(28)29/h1-11,14-15H,12-13,25H2,(H,26,30)(H,27,31)/b20-15+. The fraction of sp³-hybridized carbons (Fsp3) is 0.0870. The molecule has 0 aliphatic rings. The van der Waals surface area contributed by atoms with E-state index in [1.807, 2.05) is 0 Å². The molecule has 0 spiro atoms. The molecule has 0 aliphatic heterocycles. The third-order valence-corrected chi connectivity index (χ3v) is 4.84. The van der Waals surface area contributed by atoms with Crippen molar-refractivity contribution in [1.82, 2.24) is 15.2 Å². The summed E-state index contributed by atoms with van der Waals surface area (Å²) >= 11 is 5.93. The van der Waals surface area contributed by atoms with Gasteiger partial charge in [0.05, 0.1) is 5.03 Å². The van der Waals surface area contributed by atoms with Gasteiger partial charge in [0.2, 0.25) is 0 Å². The second-order valence-corrected chi connectivity index (χ2v) is 6.97. The molecule has 0 unspecified atom stereocenters. The average molecular weight is 437 g/mol. The van der Waals surface area contributed by atoms with Crippen molar-refractivity contribution in [2.45, 2.75) is 0 Å². The van der Waals surface area contributed by atoms with Gasteiger partial charge < -0.3 is 16.4 Å². The van der Waals surface area contributed by atoms with E-state index in [0.29, 0.717) is 21.8 Å². The average Bonchev–Trinajstić information content (AvgIpc) is 2.81. The van der Waals surface area contributed by atoms with Gasteiger partial charge >= 0.3 is 0 Å². The van der Waals surface area contributed by atoms with Gasteiger partial charge in [-0.05, 0) is 48.0 Å². The molecular formula is C23H21ClN4O3. The number of halogens is 1. The molecule has 4 N–H and O–H groups in total. The molecular weight excluding hydrogens is 416 g/mol. The SMILES string of the molecule is N/C=C(/Cl)c1ccc(C(=O)NCCNC(=O)c2ccc(-n3ccccc3=O)cc2)cc1. The molecule has 7 nitrogen and oxygen atoms in total. The summed E-state index contributed by atoms with van der Waals surface area (Å²) in [5.41, 5.74) is 7.54. The highest BCUT2D eigenvalue weighted by Gasteiger charge is 2.08. The van der Waals surface area contributed by atoms with Gasteiger partial charge in [0, 0.05) is 48.4 Å². The van der Waals surface area contributed by atoms with Gasteiger partial charge in [0.25, 0.3) is 17.4 Å². The zero-order valence-electron chi connectivity index (χ0n) is 16.5. The maximum absolute atomic E-state index is 12.3. The van der Waals surface area contributed by atoms with Gasteiger partial charge in [-0.3, -0.25) is 19.0 Å². The van der Waals surface area contributed by atoms with Crippen LogP contribution in [0.1, 0.15) is 26.3 Å². The minimum Gasteiger partial charge on any atom is -0.403 e. The molecule has 0 saturated carbocycles. The lowest BCUT2D eigenvalue weighted by Gasteiger charge is -2.09. The van der Waals surface area contributed by atoms with Gasteiger partial charge in [-0.1, -0.05) is 29.8 Å². The van der Waals surface area contributed by atoms with E-state index in [1.54, 1.807) is 66.9 Å². The Bertz CT molecular complexity index is 1150. The monoisotopic (exact) mass is 436 g/mol. The Hall–Kier alpha value is -3.84. The molecule has 2 aromatic carbocycles. The lowest BCUT2D eigenvalue weighted by molar-refractivity contribution is 0.0927. The van der Waals surface area contributed by atoms with Crippen molar-refractivity contribution < 1.29 is 9.59 Å². The largest absolute Gasteiger partial charge is 0.403 e. The van der Waals surface area contributed by atoms with E-state index >= 15 is 0 Å². The van der Waals surface area contributed by atoms with Crippen molar-refractivity contribution in [2.24, 2.45) is 5.73 Å². The third-order valence-electron chi connectivity index (χ3n) is 4.50. The molecule has 3 aromatic rings. The Morgan fingerprint density at radius 2 is 1.35 bits per heavy atom. The molecule has 0 atom stereocenters. The summed E-state index contributed by atoms with van der Waals surface area (Å²) in [5.74, 6) is -0.528. The molecule has 158 valence electrons. The highest BCUT2D eigenvalue weighted by Crippen LogP contribution is 2.17. The van der Waals surface area contributed by atoms with Crippen molar-refractivity contribution in [3.05, 3.63) is 106 Å². The number of nitrogens with one attached hydrogen (secondary N) is 2. The van der Waals surface area contributed by atoms with Crippen LogP contribution in [0.3, 0.4) is 0 Å². The minimum atomic E-state index is -0.270. The Kier molecular flexibility index (Phi) is 7.24. The second kappa shape index (κ2) is 10.3. The first-order chi connectivity index (χ1) is 15.0. The van der Waals surface area contributed by atoms with Crippen LogP contribution in [0.4, 0.5) is 0 Å². The van der Waals surface area contributed by atoms with Crippen LogP contribution in [0.2, 0.25) is 0 Å². The summed E-state index contributed by atoms with van der Waals surface area (Å²) in [7, 11) is 0. The topological polar surface area (TPSA) is 106 Å². The van der Waals surface area contributed by atoms with Crippen LogP contribution >= 0.6 is 11.6 Å². The van der Waals surface area contributed by atoms with Crippen molar-refractivity contribution in [1.29, 1.82) is 0 Å². The number of carbonyl (C=O) groups is 2. The maximum Gasteiger partial charge on any atom is 0.255 e. The number of amides is 2. The molecule has 8 heteroatoms. The number of pyridine rings is 1. The zero-order chi connectivity index (χ0) is 22.2. The van der Waals surface area contributed by atoms with Crippen LogP contribution < -0.4 is 21.9 Å². The van der Waals surface area contributed by atoms with Gasteiger partial charge in [-0.25, -0.2) is 0 Å². The summed E-state index contributed by atoms with van der Waals surface area (Å²) < 4.78 is 1.49. The molecule has 31 heavy (non-hydrogen) atoms. The van der Waals surface area contributed by atoms with Gasteiger partial charge in [0.1, 0.15) is 0 Å². The molecule has 3 rings (SSSR count). The normalized spacial score (nSPS) is 11.1. The molecule has 0 radical (unpaired) electrons. The van der Waals surface area contributed by atoms with Crippen LogP contribution in [0.5, 0.6) is 0 Å². The Morgan fingerprint density at radius 3 is 1.87 bits per heavy atom. The van der Waals surface area contributed by atoms with E-state index in [-0.39, 0.29) is 30.5 Å². The number of nitrogens with zero attached hydrogens (tertiary/aromatic N) is 1. The minimum absolute atomic E-state index is 0.149. The van der Waals surface area contributed by atoms with Gasteiger partial charge in [-0.2, -0.15) is 0 Å². The Labute approximate surface area is 184 Å². The fourth-order valence-electron chi connectivity index (χ4n) is 2.85. The Balaban J connectivity index is 1.48. The highest BCUT2D eigenvalue weighted by molar-refractivity contribution is 6.48. The smallest absolute Gasteiger partial charge is 0.255 e. The van der Waals surface area contributed by atoms with Crippen molar-refractivity contribution in [3.63, 3.8) is 0 Å². The Morgan fingerprint density at radius 1 is 0.839 bits per heavy atom. The number of benzene rings is 2. The fourth-order valence-corrected chi connectivity index (χ4v) is 2.97. The van der Waals surface area contributed by atoms with E-state index in [4.69, 9.17) is 17.3 Å². The summed E-state index contributed by atoms with van der Waals surface area (Å²) in [6, 6.07) is 18.3. The van der Waals surface area contributed by atoms with Crippen LogP contribution in [-0.4, -0.2) is 29.5 Å². The van der Waals surface area contributed by atoms with Crippen molar-refractivity contribution >= 4 is 28.4 Å². The summed E-state index contributed by atoms with van der Waals surface area (Å²) in [5, 5.41) is 5.89. The summed E-state index contributed by atoms with van der Waals surface area (Å²) in [6.07, 6.45) is 2.95. The molecule has 1 aromatic heterocycles. The van der Waals surface area contributed by atoms with Crippen LogP contribution in [0.15, 0.2) is 83.9 Å². The summed E-state index contributed by atoms with van der Waals surface area (Å²) in [6.45, 7) is 0.539. The maximum atomic E-state index is 12.3. The number of nitrogens with two attached hydrogens (primary N) is 1. The van der Waals surface area contributed by atoms with E-state index in [1.165, 1.54) is 16.8 Å². The number of carbonyl (C=O) groups excluding carboxylic acids is 2. The van der Waals surface area contributed by atoms with Crippen molar-refractivity contribution in [3.8, 4) is 5.69 Å². The molecule has 0 bridgehead atoms. The van der Waals surface area contributed by atoms with E-state index in [9.17, 15) is 14.4 Å². The highest BCUT2D eigenvalue weighted by atomic mass is 35.5. The van der Waals surface area contributed by atoms with E-state index < -0.39 is 0 Å². The lowest BCUT2D eigenvalue weighted by atomic mass is 10.1. The first-order valence-electron chi connectivity index (χ1n) is 9.52. The zero-order valence-corrected chi connectivity index (χ0v) is 17.3. The number of hydrogen-bond donors (Lipinski definition) is 3. The molecule has 0 fully saturated rings. The summed E-state index contributed by atoms with van der Waals surface area (Å²) in [4.78, 5) is 36.3. The van der Waals surface area contributed by atoms with Crippen LogP contribution in [0.25, 0.3) is 10.7 Å². The predicted octanol–water partition coefficient (Wildman–Crippen LogP) is 2.49. The third kappa shape index (κ3) is 5.61. The van der Waals surface area contributed by atoms with Crippen molar-refractivity contribution in [2.75, 3.05) is 13.1 Å². The van der Waals surface area contributed by atoms with Gasteiger partial charge in [0.15, 0.2) is 0 Å². The lowest BCUT2D eigenvalue weighted by Crippen LogP contribution is -2.34. The first kappa shape index (κ1) is 21.9. The quantitative estimate of drug-likeness (QED) is 0.495. The van der Waals surface area contributed by atoms with Crippen LogP contribution in [0, 0.1) is 0 Å². The number of hydrogen-bond acceptors (Lipinski definition) is 4. The molecule has 2 amide bonds. The van der Waals surface area contributed by atoms with E-state index in [0.717, 1.165) is 5.56 Å². The number of aromatic nitrogens is 1. The number of rotatable bonds is 7. The van der Waals surface area contributed by atoms with Gasteiger partial charge in [-0.15, -0.1) is 0 Å². The second-order valence-electron chi connectivity index (χ2n) is 6.56. The molecule has 1 heterocycles.